The molecule has 0 unspecified atom stereocenters. The third-order valence-corrected chi connectivity index (χ3v) is 3.69. The molecule has 132 valence electrons. The summed E-state index contributed by atoms with van der Waals surface area (Å²) < 4.78 is 28.9. The predicted octanol–water partition coefficient (Wildman–Crippen LogP) is 1.54. The first kappa shape index (κ1) is 18.3. The van der Waals surface area contributed by atoms with Crippen LogP contribution in [0.5, 0.6) is 5.75 Å². The van der Waals surface area contributed by atoms with Crippen LogP contribution < -0.4 is 20.9 Å². The molecule has 10 heteroatoms. The molecule has 0 bridgehead atoms. The Morgan fingerprint density at radius 2 is 1.80 bits per heavy atom. The zero-order chi connectivity index (χ0) is 18.2. The van der Waals surface area contributed by atoms with Gasteiger partial charge in [0.2, 0.25) is 0 Å². The standard InChI is InChI=1S/C15H13F2N3O4S/c16-15(17)24-10-5-2-1-4-9(10)13(22)18-8-12(21)19-20-14(23)11-6-3-7-25-11/h1-7,15H,8H2,(H,18,22)(H,19,21)(H,20,23). The molecule has 2 rings (SSSR count). The molecule has 2 aromatic rings. The Morgan fingerprint density at radius 3 is 2.48 bits per heavy atom. The van der Waals surface area contributed by atoms with Gasteiger partial charge in [0.25, 0.3) is 17.7 Å². The largest absolute Gasteiger partial charge is 0.434 e. The van der Waals surface area contributed by atoms with Gasteiger partial charge in [0.15, 0.2) is 0 Å². The zero-order valence-corrected chi connectivity index (χ0v) is 13.4. The second-order valence-corrected chi connectivity index (χ2v) is 5.48. The first-order chi connectivity index (χ1) is 12.0. The minimum Gasteiger partial charge on any atom is -0.434 e. The van der Waals surface area contributed by atoms with Crippen LogP contribution >= 0.6 is 11.3 Å². The van der Waals surface area contributed by atoms with Crippen LogP contribution in [0.15, 0.2) is 41.8 Å². The van der Waals surface area contributed by atoms with E-state index in [0.29, 0.717) is 4.88 Å². The number of carbonyl (C=O) groups is 3. The summed E-state index contributed by atoms with van der Waals surface area (Å²) >= 11 is 1.20. The monoisotopic (exact) mass is 369 g/mol. The van der Waals surface area contributed by atoms with E-state index in [1.807, 2.05) is 0 Å². The van der Waals surface area contributed by atoms with Crippen molar-refractivity contribution in [3.05, 3.63) is 52.2 Å². The Labute approximate surface area is 145 Å². The third-order valence-electron chi connectivity index (χ3n) is 2.82. The molecule has 0 spiro atoms. The lowest BCUT2D eigenvalue weighted by molar-refractivity contribution is -0.120. The van der Waals surface area contributed by atoms with Gasteiger partial charge in [0, 0.05) is 0 Å². The van der Waals surface area contributed by atoms with Crippen LogP contribution in [-0.4, -0.2) is 30.9 Å². The second kappa shape index (κ2) is 8.73. The van der Waals surface area contributed by atoms with E-state index < -0.39 is 30.9 Å². The van der Waals surface area contributed by atoms with Gasteiger partial charge in [-0.2, -0.15) is 8.78 Å². The molecule has 0 atom stereocenters. The van der Waals surface area contributed by atoms with Crippen molar-refractivity contribution >= 4 is 29.1 Å². The van der Waals surface area contributed by atoms with Gasteiger partial charge in [-0.3, -0.25) is 25.2 Å². The van der Waals surface area contributed by atoms with E-state index in [1.54, 1.807) is 17.5 Å². The summed E-state index contributed by atoms with van der Waals surface area (Å²) in [6.07, 6.45) is 0. The van der Waals surface area contributed by atoms with Crippen molar-refractivity contribution in [1.29, 1.82) is 0 Å². The summed E-state index contributed by atoms with van der Waals surface area (Å²) in [7, 11) is 0. The molecule has 3 N–H and O–H groups in total. The Kier molecular flexibility index (Phi) is 6.40. The van der Waals surface area contributed by atoms with Crippen LogP contribution in [0.2, 0.25) is 0 Å². The predicted molar refractivity (Wildman–Crippen MR) is 85.3 cm³/mol. The van der Waals surface area contributed by atoms with Gasteiger partial charge in [-0.25, -0.2) is 0 Å². The Hall–Kier alpha value is -3.01. The maximum Gasteiger partial charge on any atom is 0.387 e. The summed E-state index contributed by atoms with van der Waals surface area (Å²) in [6.45, 7) is -3.54. The molecule has 25 heavy (non-hydrogen) atoms. The van der Waals surface area contributed by atoms with Crippen molar-refractivity contribution in [2.45, 2.75) is 6.61 Å². The van der Waals surface area contributed by atoms with E-state index in [-0.39, 0.29) is 11.3 Å². The number of ether oxygens (including phenoxy) is 1. The van der Waals surface area contributed by atoms with Crippen LogP contribution in [0, 0.1) is 0 Å². The molecular weight excluding hydrogens is 356 g/mol. The van der Waals surface area contributed by atoms with E-state index in [4.69, 9.17) is 0 Å². The Balaban J connectivity index is 1.83. The van der Waals surface area contributed by atoms with Gasteiger partial charge in [0.05, 0.1) is 17.0 Å². The van der Waals surface area contributed by atoms with Crippen LogP contribution in [0.25, 0.3) is 0 Å². The number of benzene rings is 1. The number of hydrogen-bond donors (Lipinski definition) is 3. The lowest BCUT2D eigenvalue weighted by Gasteiger charge is -2.11. The number of hydrogen-bond acceptors (Lipinski definition) is 5. The number of rotatable bonds is 6. The van der Waals surface area contributed by atoms with Crippen molar-refractivity contribution in [3.63, 3.8) is 0 Å². The van der Waals surface area contributed by atoms with E-state index in [2.05, 4.69) is 20.9 Å². The fourth-order valence-corrected chi connectivity index (χ4v) is 2.37. The average molecular weight is 369 g/mol. The van der Waals surface area contributed by atoms with Crippen LogP contribution in [0.1, 0.15) is 20.0 Å². The molecule has 1 aromatic carbocycles. The van der Waals surface area contributed by atoms with E-state index >= 15 is 0 Å². The quantitative estimate of drug-likeness (QED) is 0.673. The molecule has 1 heterocycles. The molecule has 0 aliphatic carbocycles. The number of para-hydroxylation sites is 1. The van der Waals surface area contributed by atoms with E-state index in [0.717, 1.165) is 0 Å². The maximum atomic E-state index is 12.3. The number of alkyl halides is 2. The zero-order valence-electron chi connectivity index (χ0n) is 12.6. The molecule has 0 saturated carbocycles. The first-order valence-electron chi connectivity index (χ1n) is 6.92. The Bertz CT molecular complexity index is 753. The molecule has 0 radical (unpaired) electrons. The fourth-order valence-electron chi connectivity index (χ4n) is 1.75. The SMILES string of the molecule is O=C(CNC(=O)c1ccccc1OC(F)F)NNC(=O)c1cccs1. The first-order valence-corrected chi connectivity index (χ1v) is 7.80. The van der Waals surface area contributed by atoms with Crippen molar-refractivity contribution in [1.82, 2.24) is 16.2 Å². The average Bonchev–Trinajstić information content (AvgIpc) is 3.12. The number of thiophene rings is 1. The van der Waals surface area contributed by atoms with Gasteiger partial charge < -0.3 is 10.1 Å². The molecule has 0 aliphatic heterocycles. The van der Waals surface area contributed by atoms with Gasteiger partial charge in [-0.15, -0.1) is 11.3 Å². The van der Waals surface area contributed by atoms with E-state index in [9.17, 15) is 23.2 Å². The smallest absolute Gasteiger partial charge is 0.387 e. The molecule has 7 nitrogen and oxygen atoms in total. The second-order valence-electron chi connectivity index (χ2n) is 4.54. The summed E-state index contributed by atoms with van der Waals surface area (Å²) in [5.74, 6) is -2.26. The fraction of sp³-hybridized carbons (Fsp3) is 0.133. The van der Waals surface area contributed by atoms with Gasteiger partial charge in [0.1, 0.15) is 5.75 Å². The van der Waals surface area contributed by atoms with Crippen molar-refractivity contribution in [2.24, 2.45) is 0 Å². The Morgan fingerprint density at radius 1 is 1.04 bits per heavy atom. The van der Waals surface area contributed by atoms with Gasteiger partial charge in [-0.05, 0) is 23.6 Å². The normalized spacial score (nSPS) is 10.2. The minimum atomic E-state index is -3.08. The van der Waals surface area contributed by atoms with Crippen LogP contribution in [-0.2, 0) is 4.79 Å². The highest BCUT2D eigenvalue weighted by molar-refractivity contribution is 7.12. The molecular formula is C15H13F2N3O4S. The van der Waals surface area contributed by atoms with Gasteiger partial charge in [-0.1, -0.05) is 18.2 Å². The van der Waals surface area contributed by atoms with Crippen LogP contribution in [0.3, 0.4) is 0 Å². The summed E-state index contributed by atoms with van der Waals surface area (Å²) in [5.41, 5.74) is 4.17. The number of halogens is 2. The number of hydrazine groups is 1. The van der Waals surface area contributed by atoms with E-state index in [1.165, 1.54) is 35.6 Å². The minimum absolute atomic E-state index is 0.141. The van der Waals surface area contributed by atoms with Crippen molar-refractivity contribution in [3.8, 4) is 5.75 Å². The molecule has 1 aromatic heterocycles. The van der Waals surface area contributed by atoms with Crippen molar-refractivity contribution in [2.75, 3.05) is 6.54 Å². The summed E-state index contributed by atoms with van der Waals surface area (Å²) in [4.78, 5) is 35.6. The molecule has 3 amide bonds. The lowest BCUT2D eigenvalue weighted by Crippen LogP contribution is -2.46. The maximum absolute atomic E-state index is 12.3. The highest BCUT2D eigenvalue weighted by Gasteiger charge is 2.16. The topological polar surface area (TPSA) is 96.5 Å². The van der Waals surface area contributed by atoms with Crippen molar-refractivity contribution < 1.29 is 27.9 Å². The summed E-state index contributed by atoms with van der Waals surface area (Å²) in [5, 5.41) is 3.95. The highest BCUT2D eigenvalue weighted by atomic mass is 32.1. The summed E-state index contributed by atoms with van der Waals surface area (Å²) in [6, 6.07) is 8.65. The number of amides is 3. The molecule has 0 saturated heterocycles. The number of nitrogens with one attached hydrogen (secondary N) is 3. The third kappa shape index (κ3) is 5.53. The molecule has 0 aliphatic rings. The lowest BCUT2D eigenvalue weighted by atomic mass is 10.2. The van der Waals surface area contributed by atoms with Crippen LogP contribution in [0.4, 0.5) is 8.78 Å². The number of carbonyl (C=O) groups excluding carboxylic acids is 3. The molecule has 0 fully saturated rings. The highest BCUT2D eigenvalue weighted by Crippen LogP contribution is 2.19. The van der Waals surface area contributed by atoms with Gasteiger partial charge >= 0.3 is 6.61 Å².